The molecule has 1 amide bonds. The third-order valence-corrected chi connectivity index (χ3v) is 15.8. The van der Waals surface area contributed by atoms with Crippen LogP contribution in [0.4, 0.5) is 0 Å². The molecule has 1 aliphatic heterocycles. The first-order valence-corrected chi connectivity index (χ1v) is 36.9. The zero-order valence-corrected chi connectivity index (χ0v) is 74.3. The van der Waals surface area contributed by atoms with Crippen molar-refractivity contribution >= 4 is 52.4 Å². The number of carbonyl (C=O) groups excluding carboxylic acids is 8. The first kappa shape index (κ1) is 110. The molecule has 1 fully saturated rings. The Bertz CT molecular complexity index is 2120. The molecule has 0 spiro atoms. The van der Waals surface area contributed by atoms with E-state index in [1.807, 2.05) is 53.4 Å². The fourth-order valence-corrected chi connectivity index (χ4v) is 10.2. The molecule has 1 saturated heterocycles. The molecular weight excluding hydrogens is 1500 g/mol. The van der Waals surface area contributed by atoms with Gasteiger partial charge in [-0.15, -0.1) is 0 Å². The fraction of sp³-hybridized carbons (Fsp3) is 0.849. The number of amides is 1. The van der Waals surface area contributed by atoms with Crippen molar-refractivity contribution in [2.24, 2.45) is 0 Å². The molecule has 1 aliphatic rings. The summed E-state index contributed by atoms with van der Waals surface area (Å²) in [7, 11) is 0. The molecule has 100 heavy (non-hydrogen) atoms. The van der Waals surface area contributed by atoms with Crippen LogP contribution in [-0.2, 0) is 141 Å². The van der Waals surface area contributed by atoms with Gasteiger partial charge in [-0.05, 0) is 124 Å². The van der Waals surface area contributed by atoms with Crippen LogP contribution in [0, 0.1) is 13.8 Å². The van der Waals surface area contributed by atoms with Crippen molar-refractivity contribution < 1.29 is 151 Å². The number of rotatable bonds is 57. The summed E-state index contributed by atoms with van der Waals surface area (Å²) in [5, 5.41) is 56.9. The minimum absolute atomic E-state index is 0. The molecule has 1 rings (SSSR count). The molecule has 0 aliphatic carbocycles. The largest absolute Gasteiger partial charge is 0.480 e. The van der Waals surface area contributed by atoms with Gasteiger partial charge in [0.05, 0.1) is 63.5 Å². The Labute approximate surface area is 683 Å². The van der Waals surface area contributed by atoms with E-state index in [0.29, 0.717) is 88.0 Å². The molecule has 0 bridgehead atoms. The summed E-state index contributed by atoms with van der Waals surface area (Å²) in [6, 6.07) is 0.573. The van der Waals surface area contributed by atoms with E-state index in [2.05, 4.69) is 147 Å². The van der Waals surface area contributed by atoms with Crippen molar-refractivity contribution in [1.82, 2.24) is 68.7 Å². The van der Waals surface area contributed by atoms with Crippen LogP contribution < -0.4 is 63.8 Å². The Hall–Kier alpha value is -0.838. The molecule has 7 atom stereocenters. The van der Waals surface area contributed by atoms with E-state index in [9.17, 15) is 53.4 Å². The van der Waals surface area contributed by atoms with Gasteiger partial charge in [-0.2, -0.15) is 0 Å². The van der Waals surface area contributed by atoms with Crippen LogP contribution in [0.1, 0.15) is 234 Å². The molecule has 0 aromatic carbocycles. The van der Waals surface area contributed by atoms with Gasteiger partial charge < -0.3 is 92.1 Å². The van der Waals surface area contributed by atoms with Crippen LogP contribution >= 0.6 is 0 Å². The molecule has 0 saturated carbocycles. The predicted octanol–water partition coefficient (Wildman–Crippen LogP) is 5.10. The molecule has 24 nitrogen and oxygen atoms in total. The van der Waals surface area contributed by atoms with Gasteiger partial charge in [0.25, 0.3) is 0 Å². The molecule has 27 heteroatoms. The van der Waals surface area contributed by atoms with Crippen LogP contribution in [-0.4, -0.2) is 237 Å². The number of hydrogen-bond acceptors (Lipinski definition) is 22. The number of aliphatic carboxylic acids is 1. The summed E-state index contributed by atoms with van der Waals surface area (Å²) in [5.74, 6) is -1.26. The second-order valence-corrected chi connectivity index (χ2v) is 28.4. The monoisotopic (exact) mass is 1650 g/mol. The summed E-state index contributed by atoms with van der Waals surface area (Å²) >= 11 is 0. The summed E-state index contributed by atoms with van der Waals surface area (Å²) in [5.41, 5.74) is 0. The van der Waals surface area contributed by atoms with Crippen LogP contribution in [0.25, 0.3) is 0 Å². The number of nitrogens with zero attached hydrogens (tertiary/aromatic N) is 1. The average molecular weight is 1650 g/mol. The first-order valence-electron chi connectivity index (χ1n) is 36.9. The summed E-state index contributed by atoms with van der Waals surface area (Å²) < 4.78 is 0. The van der Waals surface area contributed by atoms with Gasteiger partial charge in [0.2, 0.25) is 5.91 Å². The quantitative estimate of drug-likeness (QED) is 0.0278. The SMILES string of the molecule is CC(C)NCCCCC(NCC(=O)C1CC(O)CN1C(C)C)C(=O)O.CCC(=O)C(CCCCNC(C)C)NCC(=O)CNC(C)C.[CH2-]C(=O)C(CCCCNC(C)C)NCC(=O)C(CCCCNC(C)C)NC(C)=O.[CH2-]C(=O)C(CCCCNC(C)C)NCC(=O)CNC(C)C.[Y].[Y].[Y]. The maximum Gasteiger partial charge on any atom is 0.320 e. The summed E-state index contributed by atoms with van der Waals surface area (Å²) in [6.45, 7) is 49.7. The fourth-order valence-electron chi connectivity index (χ4n) is 10.2. The van der Waals surface area contributed by atoms with Gasteiger partial charge in [-0.25, -0.2) is 0 Å². The molecule has 0 aromatic rings. The Morgan fingerprint density at radius 2 is 0.700 bits per heavy atom. The first-order chi connectivity index (χ1) is 45.5. The van der Waals surface area contributed by atoms with Crippen molar-refractivity contribution in [3.63, 3.8) is 0 Å². The number of likely N-dealkylation sites (tertiary alicyclic amines) is 1. The van der Waals surface area contributed by atoms with E-state index in [0.717, 1.165) is 110 Å². The average Bonchev–Trinajstić information content (AvgIpc) is 1.69. The number of ketones is 7. The van der Waals surface area contributed by atoms with Crippen LogP contribution in [0.5, 0.6) is 0 Å². The Morgan fingerprint density at radius 1 is 0.400 bits per heavy atom. The van der Waals surface area contributed by atoms with Crippen LogP contribution in [0.3, 0.4) is 0 Å². The summed E-state index contributed by atoms with van der Waals surface area (Å²) in [6.07, 6.45) is 13.1. The van der Waals surface area contributed by atoms with Gasteiger partial charge in [0.15, 0.2) is 23.1 Å². The van der Waals surface area contributed by atoms with E-state index in [1.165, 1.54) is 6.92 Å². The third-order valence-electron chi connectivity index (χ3n) is 15.8. The van der Waals surface area contributed by atoms with E-state index in [1.54, 1.807) is 0 Å². The number of carbonyl (C=O) groups is 9. The van der Waals surface area contributed by atoms with E-state index >= 15 is 0 Å². The maximum atomic E-state index is 12.6. The number of β-amino-alcohol motifs (C(OH)–C–C–N with tert-alkyl or cyclic N) is 1. The van der Waals surface area contributed by atoms with E-state index in [4.69, 9.17) is 0 Å². The van der Waals surface area contributed by atoms with Crippen molar-refractivity contribution in [3.05, 3.63) is 13.8 Å². The number of aliphatic hydroxyl groups excluding tert-OH is 1. The number of aliphatic hydroxyl groups is 1. The predicted molar refractivity (Wildman–Crippen MR) is 396 cm³/mol. The molecule has 0 aromatic heterocycles. The Morgan fingerprint density at radius 3 is 1.01 bits per heavy atom. The molecule has 14 N–H and O–H groups in total. The number of carboxylic acids is 1. The molecular formula is C73H145N13O11Y3-2. The number of Topliss-reactive ketones (excluding diaryl/α,β-unsaturated/α-hetero) is 7. The second kappa shape index (κ2) is 69.9. The smallest absolute Gasteiger partial charge is 0.320 e. The van der Waals surface area contributed by atoms with Gasteiger partial charge in [0.1, 0.15) is 11.8 Å². The minimum Gasteiger partial charge on any atom is -0.480 e. The number of carboxylic acid groups (broad SMARTS) is 1. The number of nitrogens with one attached hydrogen (secondary N) is 12. The molecule has 579 valence electrons. The van der Waals surface area contributed by atoms with Crippen molar-refractivity contribution in [1.29, 1.82) is 0 Å². The zero-order valence-electron chi connectivity index (χ0n) is 65.8. The van der Waals surface area contributed by atoms with Crippen LogP contribution in [0.15, 0.2) is 0 Å². The maximum absolute atomic E-state index is 12.6. The summed E-state index contributed by atoms with van der Waals surface area (Å²) in [4.78, 5) is 109. The van der Waals surface area contributed by atoms with Gasteiger partial charge >= 0.3 is 5.97 Å². The standard InChI is InChI=1S/C22H43N4O3.C18H35N3O4.C17H35N3O2.C16H32N3O2.3Y/c1-16(2)23-13-9-7-11-20(18(5)27)25-15-22(29)21(26-19(6)28)12-8-10-14-24-17(3)4;1-12(2)19-8-6-5-7-15(18(24)25)20-10-17(23)16-9-14(22)11-21(16)13(3)4;1-6-17(22)16(9-7-8-10-18-13(2)3)20-12-15(21)11-19-14(4)5;1-12(2)17-9-7-6-8-16(14(5)20)19-11-15(21)10-18-13(3)4;;;/h16-17,20-21,23-25H,5,7-15H2,1-4,6H3,(H,26,28);12-16,19-20,22H,5-11H2,1-4H3,(H,24,25);13-14,16,18-20H,6-12H2,1-5H3;12-13,16-19H,5-11H2,1-4H3;;;/q-1;;;-1;;;. The molecule has 7 unspecified atom stereocenters. The van der Waals surface area contributed by atoms with Crippen LogP contribution in [0.2, 0.25) is 0 Å². The molecule has 1 heterocycles. The van der Waals surface area contributed by atoms with Gasteiger partial charge in [-0.3, -0.25) is 43.8 Å². The minimum atomic E-state index is -0.920. The number of hydrogen-bond donors (Lipinski definition) is 14. The Balaban J connectivity index is -0.000000294. The van der Waals surface area contributed by atoms with E-state index in [-0.39, 0.29) is 201 Å². The molecule has 3 radical (unpaired) electrons. The van der Waals surface area contributed by atoms with Crippen molar-refractivity contribution in [3.8, 4) is 0 Å². The number of unbranched alkanes of at least 4 members (excludes halogenated alkanes) is 5. The van der Waals surface area contributed by atoms with Gasteiger partial charge in [-0.1, -0.05) is 130 Å². The zero-order chi connectivity index (χ0) is 74.4. The van der Waals surface area contributed by atoms with Crippen molar-refractivity contribution in [2.75, 3.05) is 78.5 Å². The second-order valence-electron chi connectivity index (χ2n) is 28.4. The normalized spacial score (nSPS) is 15.1. The van der Waals surface area contributed by atoms with Crippen molar-refractivity contribution in [2.45, 2.75) is 324 Å². The van der Waals surface area contributed by atoms with E-state index < -0.39 is 30.2 Å². The third kappa shape index (κ3) is 67.7. The topological polar surface area (TPSA) is 342 Å². The van der Waals surface area contributed by atoms with Gasteiger partial charge in [0, 0.05) is 190 Å². The Kier molecular flexibility index (Phi) is 76.9.